The lowest BCUT2D eigenvalue weighted by molar-refractivity contribution is 0.492. The van der Waals surface area contributed by atoms with E-state index < -0.39 is 0 Å². The van der Waals surface area contributed by atoms with Crippen molar-refractivity contribution in [2.24, 2.45) is 5.84 Å². The first kappa shape index (κ1) is 14.6. The first-order chi connectivity index (χ1) is 9.08. The Kier molecular flexibility index (Phi) is 4.67. The summed E-state index contributed by atoms with van der Waals surface area (Å²) in [7, 11) is 0. The van der Waals surface area contributed by atoms with Crippen LogP contribution in [-0.2, 0) is 13.0 Å². The molecule has 2 heterocycles. The molecule has 0 aliphatic carbocycles. The fourth-order valence-electron chi connectivity index (χ4n) is 2.07. The molecule has 1 unspecified atom stereocenters. The largest absolute Gasteiger partial charge is 0.457 e. The highest BCUT2D eigenvalue weighted by atomic mass is 79.9. The fourth-order valence-corrected chi connectivity index (χ4v) is 2.80. The second-order valence-corrected chi connectivity index (χ2v) is 5.33. The molecular formula is C12H16BrClN4O. The normalized spacial score (nSPS) is 12.9. The number of aromatic nitrogens is 2. The standard InChI is InChI=1S/C12H16BrClN4O/c1-3-18-10(11(14)7(2)17-18)6-9(16-15)8-4-5-19-12(8)13/h4-5,9,16H,3,6,15H2,1-2H3. The van der Waals surface area contributed by atoms with E-state index in [1.807, 2.05) is 24.6 Å². The zero-order chi connectivity index (χ0) is 14.0. The highest BCUT2D eigenvalue weighted by Crippen LogP contribution is 2.29. The number of nitrogens with two attached hydrogens (primary N) is 1. The smallest absolute Gasteiger partial charge is 0.173 e. The number of nitrogens with one attached hydrogen (secondary N) is 1. The van der Waals surface area contributed by atoms with Gasteiger partial charge in [-0.1, -0.05) is 11.6 Å². The summed E-state index contributed by atoms with van der Waals surface area (Å²) in [5, 5.41) is 5.10. The van der Waals surface area contributed by atoms with Gasteiger partial charge in [0.15, 0.2) is 4.67 Å². The van der Waals surface area contributed by atoms with E-state index in [2.05, 4.69) is 26.5 Å². The van der Waals surface area contributed by atoms with Crippen LogP contribution in [-0.4, -0.2) is 9.78 Å². The van der Waals surface area contributed by atoms with Crippen LogP contribution in [0.15, 0.2) is 21.4 Å². The predicted octanol–water partition coefficient (Wildman–Crippen LogP) is 2.97. The number of hydrazine groups is 1. The van der Waals surface area contributed by atoms with E-state index >= 15 is 0 Å². The second kappa shape index (κ2) is 6.09. The van der Waals surface area contributed by atoms with Gasteiger partial charge < -0.3 is 4.42 Å². The average molecular weight is 348 g/mol. The third-order valence-corrected chi connectivity index (χ3v) is 4.21. The molecule has 0 amide bonds. The molecule has 19 heavy (non-hydrogen) atoms. The Morgan fingerprint density at radius 2 is 2.37 bits per heavy atom. The molecule has 0 spiro atoms. The van der Waals surface area contributed by atoms with E-state index in [1.165, 1.54) is 0 Å². The Morgan fingerprint density at radius 3 is 2.89 bits per heavy atom. The van der Waals surface area contributed by atoms with Crippen LogP contribution in [0.3, 0.4) is 0 Å². The van der Waals surface area contributed by atoms with Gasteiger partial charge in [0.1, 0.15) is 0 Å². The molecular weight excluding hydrogens is 332 g/mol. The summed E-state index contributed by atoms with van der Waals surface area (Å²) in [5.41, 5.74) is 5.55. The highest BCUT2D eigenvalue weighted by molar-refractivity contribution is 9.10. The SMILES string of the molecule is CCn1nc(C)c(Cl)c1CC(NN)c1ccoc1Br. The fraction of sp³-hybridized carbons (Fsp3) is 0.417. The lowest BCUT2D eigenvalue weighted by Crippen LogP contribution is -2.30. The molecule has 2 aromatic rings. The van der Waals surface area contributed by atoms with Gasteiger partial charge in [-0.05, 0) is 35.8 Å². The van der Waals surface area contributed by atoms with Crippen molar-refractivity contribution in [3.63, 3.8) is 0 Å². The lowest BCUT2D eigenvalue weighted by Gasteiger charge is -2.16. The minimum Gasteiger partial charge on any atom is -0.457 e. The molecule has 7 heteroatoms. The van der Waals surface area contributed by atoms with Crippen LogP contribution in [0.1, 0.15) is 29.9 Å². The number of halogens is 2. The number of hydrogen-bond donors (Lipinski definition) is 2. The predicted molar refractivity (Wildman–Crippen MR) is 77.8 cm³/mol. The molecule has 0 aliphatic heterocycles. The molecule has 0 saturated heterocycles. The molecule has 2 aromatic heterocycles. The van der Waals surface area contributed by atoms with E-state index in [4.69, 9.17) is 21.9 Å². The summed E-state index contributed by atoms with van der Waals surface area (Å²) in [6, 6.07) is 1.79. The van der Waals surface area contributed by atoms with E-state index in [9.17, 15) is 0 Å². The minimum atomic E-state index is -0.0907. The van der Waals surface area contributed by atoms with Crippen molar-refractivity contribution in [3.05, 3.63) is 39.0 Å². The van der Waals surface area contributed by atoms with Crippen LogP contribution >= 0.6 is 27.5 Å². The Morgan fingerprint density at radius 1 is 1.63 bits per heavy atom. The minimum absolute atomic E-state index is 0.0907. The molecule has 0 saturated carbocycles. The molecule has 0 bridgehead atoms. The van der Waals surface area contributed by atoms with Gasteiger partial charge in [-0.3, -0.25) is 16.0 Å². The molecule has 0 aliphatic rings. The van der Waals surface area contributed by atoms with Crippen molar-refractivity contribution < 1.29 is 4.42 Å². The molecule has 104 valence electrons. The van der Waals surface area contributed by atoms with E-state index in [0.29, 0.717) is 16.1 Å². The summed E-state index contributed by atoms with van der Waals surface area (Å²) in [5.74, 6) is 5.64. The van der Waals surface area contributed by atoms with Gasteiger partial charge in [0, 0.05) is 18.5 Å². The topological polar surface area (TPSA) is 69.0 Å². The van der Waals surface area contributed by atoms with Crippen molar-refractivity contribution in [3.8, 4) is 0 Å². The third kappa shape index (κ3) is 2.86. The zero-order valence-electron chi connectivity index (χ0n) is 10.8. The Bertz CT molecular complexity index is 566. The van der Waals surface area contributed by atoms with Gasteiger partial charge in [0.2, 0.25) is 0 Å². The van der Waals surface area contributed by atoms with Crippen LogP contribution in [0.2, 0.25) is 5.02 Å². The third-order valence-electron chi connectivity index (χ3n) is 3.07. The quantitative estimate of drug-likeness (QED) is 0.644. The van der Waals surface area contributed by atoms with Crippen molar-refractivity contribution in [1.82, 2.24) is 15.2 Å². The Labute approximate surface area is 125 Å². The Hall–Kier alpha value is -0.820. The molecule has 0 aromatic carbocycles. The number of nitrogens with zero attached hydrogens (tertiary/aromatic N) is 2. The molecule has 5 nitrogen and oxygen atoms in total. The zero-order valence-corrected chi connectivity index (χ0v) is 13.1. The van der Waals surface area contributed by atoms with Gasteiger partial charge >= 0.3 is 0 Å². The lowest BCUT2D eigenvalue weighted by atomic mass is 10.1. The van der Waals surface area contributed by atoms with Gasteiger partial charge in [0.05, 0.1) is 28.7 Å². The summed E-state index contributed by atoms with van der Waals surface area (Å²) >= 11 is 9.67. The van der Waals surface area contributed by atoms with E-state index in [-0.39, 0.29) is 6.04 Å². The van der Waals surface area contributed by atoms with Gasteiger partial charge in [0.25, 0.3) is 0 Å². The molecule has 3 N–H and O–H groups in total. The maximum atomic E-state index is 6.31. The Balaban J connectivity index is 2.31. The summed E-state index contributed by atoms with van der Waals surface area (Å²) in [6.45, 7) is 4.70. The van der Waals surface area contributed by atoms with Crippen LogP contribution in [0, 0.1) is 6.92 Å². The number of aryl methyl sites for hydroxylation is 2. The molecule has 2 rings (SSSR count). The van der Waals surface area contributed by atoms with Crippen molar-refractivity contribution >= 4 is 27.5 Å². The van der Waals surface area contributed by atoms with E-state index in [0.717, 1.165) is 23.5 Å². The average Bonchev–Trinajstić information content (AvgIpc) is 2.93. The van der Waals surface area contributed by atoms with Crippen molar-refractivity contribution in [2.45, 2.75) is 32.9 Å². The van der Waals surface area contributed by atoms with Gasteiger partial charge in [-0.2, -0.15) is 5.10 Å². The van der Waals surface area contributed by atoms with Crippen LogP contribution in [0.5, 0.6) is 0 Å². The first-order valence-corrected chi connectivity index (χ1v) is 7.16. The highest BCUT2D eigenvalue weighted by Gasteiger charge is 2.21. The van der Waals surface area contributed by atoms with Gasteiger partial charge in [-0.25, -0.2) is 0 Å². The van der Waals surface area contributed by atoms with Crippen molar-refractivity contribution in [1.29, 1.82) is 0 Å². The molecule has 1 atom stereocenters. The maximum absolute atomic E-state index is 6.31. The summed E-state index contributed by atoms with van der Waals surface area (Å²) in [6.07, 6.45) is 2.26. The van der Waals surface area contributed by atoms with E-state index in [1.54, 1.807) is 6.26 Å². The molecule has 0 fully saturated rings. The van der Waals surface area contributed by atoms with Crippen LogP contribution in [0.4, 0.5) is 0 Å². The maximum Gasteiger partial charge on any atom is 0.173 e. The van der Waals surface area contributed by atoms with Crippen LogP contribution in [0.25, 0.3) is 0 Å². The summed E-state index contributed by atoms with van der Waals surface area (Å²) in [4.78, 5) is 0. The second-order valence-electron chi connectivity index (χ2n) is 4.23. The van der Waals surface area contributed by atoms with Gasteiger partial charge in [-0.15, -0.1) is 0 Å². The molecule has 0 radical (unpaired) electrons. The number of hydrogen-bond acceptors (Lipinski definition) is 4. The number of rotatable bonds is 5. The summed E-state index contributed by atoms with van der Waals surface area (Å²) < 4.78 is 7.81. The van der Waals surface area contributed by atoms with Crippen LogP contribution < -0.4 is 11.3 Å². The monoisotopic (exact) mass is 346 g/mol. The first-order valence-electron chi connectivity index (χ1n) is 5.99. The number of furan rings is 1. The van der Waals surface area contributed by atoms with Crippen molar-refractivity contribution in [2.75, 3.05) is 0 Å².